The van der Waals surface area contributed by atoms with Crippen molar-refractivity contribution >= 4 is 69.4 Å². The minimum absolute atomic E-state index is 0.0725. The molecule has 2 amide bonds. The van der Waals surface area contributed by atoms with E-state index in [9.17, 15) is 14.4 Å². The predicted octanol–water partition coefficient (Wildman–Crippen LogP) is 5.83. The van der Waals surface area contributed by atoms with Gasteiger partial charge in [-0.1, -0.05) is 59.3 Å². The minimum Gasteiger partial charge on any atom is -0.306 e. The standard InChI is InChI=1S/C19H17Cl2FN4O2S2/c1-19(2)16(26(28)17(27)24-12-6-3-5-11(20)9-12)25(18(29)30-19)23-10-13-14(21)7-4-8-15(13)22/h3-10,16,28H,1-2H3,(H,24,27)/b23-10-/t16-/m1/s1. The van der Waals surface area contributed by atoms with Gasteiger partial charge in [0.25, 0.3) is 0 Å². The van der Waals surface area contributed by atoms with E-state index >= 15 is 0 Å². The highest BCUT2D eigenvalue weighted by molar-refractivity contribution is 8.24. The van der Waals surface area contributed by atoms with Gasteiger partial charge in [0.15, 0.2) is 10.5 Å². The Bertz CT molecular complexity index is 1000. The average Bonchev–Trinajstić information content (AvgIpc) is 2.88. The lowest BCUT2D eigenvalue weighted by atomic mass is 10.1. The normalized spacial score (nSPS) is 18.1. The number of hydrazone groups is 1. The molecular weight excluding hydrogens is 470 g/mol. The molecule has 6 nitrogen and oxygen atoms in total. The topological polar surface area (TPSA) is 68.2 Å². The summed E-state index contributed by atoms with van der Waals surface area (Å²) >= 11 is 18.6. The zero-order valence-corrected chi connectivity index (χ0v) is 19.0. The van der Waals surface area contributed by atoms with Crippen molar-refractivity contribution in [3.8, 4) is 0 Å². The SMILES string of the molecule is CC1(C)SC(=S)N(/N=C\c2c(F)cccc2Cl)[C@@H]1N(O)C(=O)Nc1cccc(Cl)c1. The van der Waals surface area contributed by atoms with Crippen LogP contribution in [0.1, 0.15) is 19.4 Å². The van der Waals surface area contributed by atoms with Crippen LogP contribution in [-0.2, 0) is 0 Å². The molecule has 0 unspecified atom stereocenters. The van der Waals surface area contributed by atoms with Crippen LogP contribution >= 0.6 is 47.2 Å². The van der Waals surface area contributed by atoms with Gasteiger partial charge in [0, 0.05) is 16.3 Å². The molecule has 1 atom stereocenters. The summed E-state index contributed by atoms with van der Waals surface area (Å²) in [5, 5.41) is 19.9. The fraction of sp³-hybridized carbons (Fsp3) is 0.211. The first-order chi connectivity index (χ1) is 14.1. The number of rotatable bonds is 4. The third-order valence-electron chi connectivity index (χ3n) is 4.22. The lowest BCUT2D eigenvalue weighted by Gasteiger charge is -2.34. The molecule has 1 aliphatic rings. The number of carbonyl (C=O) groups excluding carboxylic acids is 1. The van der Waals surface area contributed by atoms with E-state index in [1.54, 1.807) is 38.1 Å². The molecule has 30 heavy (non-hydrogen) atoms. The molecule has 1 heterocycles. The monoisotopic (exact) mass is 486 g/mol. The van der Waals surface area contributed by atoms with E-state index in [-0.39, 0.29) is 10.6 Å². The summed E-state index contributed by atoms with van der Waals surface area (Å²) in [6, 6.07) is 9.96. The molecule has 1 aliphatic heterocycles. The molecule has 0 saturated carbocycles. The lowest BCUT2D eigenvalue weighted by molar-refractivity contribution is -0.114. The first-order valence-electron chi connectivity index (χ1n) is 8.65. The van der Waals surface area contributed by atoms with Gasteiger partial charge in [0.1, 0.15) is 5.82 Å². The summed E-state index contributed by atoms with van der Waals surface area (Å²) in [4.78, 5) is 12.6. The Morgan fingerprint density at radius 1 is 1.37 bits per heavy atom. The molecule has 2 N–H and O–H groups in total. The second-order valence-corrected chi connectivity index (χ2v) is 9.99. The van der Waals surface area contributed by atoms with Crippen LogP contribution in [0.2, 0.25) is 10.0 Å². The second kappa shape index (κ2) is 9.07. The van der Waals surface area contributed by atoms with E-state index in [4.69, 9.17) is 35.4 Å². The maximum atomic E-state index is 14.1. The highest BCUT2D eigenvalue weighted by Gasteiger charge is 2.50. The van der Waals surface area contributed by atoms with Crippen molar-refractivity contribution in [2.24, 2.45) is 5.10 Å². The van der Waals surface area contributed by atoms with Crippen molar-refractivity contribution in [1.29, 1.82) is 0 Å². The zero-order chi connectivity index (χ0) is 22.1. The van der Waals surface area contributed by atoms with Crippen molar-refractivity contribution in [3.63, 3.8) is 0 Å². The van der Waals surface area contributed by atoms with E-state index in [0.29, 0.717) is 20.1 Å². The Balaban J connectivity index is 1.86. The fourth-order valence-corrected chi connectivity index (χ4v) is 5.03. The summed E-state index contributed by atoms with van der Waals surface area (Å²) in [6.07, 6.45) is 0.248. The molecule has 11 heteroatoms. The molecule has 3 rings (SSSR count). The van der Waals surface area contributed by atoms with Crippen LogP contribution in [0, 0.1) is 5.82 Å². The van der Waals surface area contributed by atoms with Gasteiger partial charge in [-0.3, -0.25) is 5.21 Å². The summed E-state index contributed by atoms with van der Waals surface area (Å²) in [5.41, 5.74) is 0.481. The van der Waals surface area contributed by atoms with E-state index < -0.39 is 22.8 Å². The number of carbonyl (C=O) groups is 1. The molecule has 0 bridgehead atoms. The molecule has 1 fully saturated rings. The number of halogens is 3. The molecule has 0 aliphatic carbocycles. The largest absolute Gasteiger partial charge is 0.347 e. The number of hydrogen-bond acceptors (Lipinski definition) is 5. The number of thiocarbonyl (C=S) groups is 1. The number of amides is 2. The zero-order valence-electron chi connectivity index (χ0n) is 15.8. The number of benzene rings is 2. The van der Waals surface area contributed by atoms with Crippen molar-refractivity contribution < 1.29 is 14.4 Å². The molecule has 158 valence electrons. The van der Waals surface area contributed by atoms with Gasteiger partial charge < -0.3 is 5.32 Å². The smallest absolute Gasteiger partial charge is 0.306 e. The Hall–Kier alpha value is -1.91. The van der Waals surface area contributed by atoms with Crippen LogP contribution in [0.4, 0.5) is 14.9 Å². The molecular formula is C19H17Cl2FN4O2S2. The summed E-state index contributed by atoms with van der Waals surface area (Å²) in [5.74, 6) is -0.556. The highest BCUT2D eigenvalue weighted by atomic mass is 35.5. The van der Waals surface area contributed by atoms with Crippen LogP contribution in [0.15, 0.2) is 47.6 Å². The third kappa shape index (κ3) is 4.87. The van der Waals surface area contributed by atoms with Gasteiger partial charge >= 0.3 is 6.03 Å². The Labute approximate surface area is 192 Å². The van der Waals surface area contributed by atoms with Gasteiger partial charge in [-0.25, -0.2) is 14.2 Å². The van der Waals surface area contributed by atoms with Crippen LogP contribution in [0.3, 0.4) is 0 Å². The summed E-state index contributed by atoms with van der Waals surface area (Å²) in [7, 11) is 0. The highest BCUT2D eigenvalue weighted by Crippen LogP contribution is 2.42. The van der Waals surface area contributed by atoms with Crippen LogP contribution < -0.4 is 5.32 Å². The van der Waals surface area contributed by atoms with Gasteiger partial charge in [-0.05, 0) is 44.2 Å². The maximum absolute atomic E-state index is 14.1. The summed E-state index contributed by atoms with van der Waals surface area (Å²) < 4.78 is 13.7. The third-order valence-corrected chi connectivity index (χ3v) is 6.32. The van der Waals surface area contributed by atoms with Gasteiger partial charge in [0.2, 0.25) is 0 Å². The Morgan fingerprint density at radius 3 is 2.73 bits per heavy atom. The van der Waals surface area contributed by atoms with Crippen LogP contribution in [0.5, 0.6) is 0 Å². The van der Waals surface area contributed by atoms with Crippen molar-refractivity contribution in [2.75, 3.05) is 5.32 Å². The molecule has 0 aromatic heterocycles. The van der Waals surface area contributed by atoms with Crippen LogP contribution in [0.25, 0.3) is 0 Å². The van der Waals surface area contributed by atoms with E-state index in [2.05, 4.69) is 10.4 Å². The van der Waals surface area contributed by atoms with Crippen molar-refractivity contribution in [3.05, 3.63) is 63.9 Å². The number of nitrogens with zero attached hydrogens (tertiary/aromatic N) is 3. The Morgan fingerprint density at radius 2 is 2.07 bits per heavy atom. The number of urea groups is 1. The van der Waals surface area contributed by atoms with Crippen molar-refractivity contribution in [2.45, 2.75) is 24.8 Å². The maximum Gasteiger partial charge on any atom is 0.347 e. The molecule has 2 aromatic rings. The molecule has 2 aromatic carbocycles. The minimum atomic E-state index is -0.962. The average molecular weight is 487 g/mol. The van der Waals surface area contributed by atoms with E-state index in [1.807, 2.05) is 0 Å². The quantitative estimate of drug-likeness (QED) is 0.246. The van der Waals surface area contributed by atoms with Crippen LogP contribution in [-0.4, -0.2) is 42.8 Å². The van der Waals surface area contributed by atoms with Crippen molar-refractivity contribution in [1.82, 2.24) is 10.1 Å². The Kier molecular flexibility index (Phi) is 6.88. The van der Waals surface area contributed by atoms with Gasteiger partial charge in [-0.2, -0.15) is 10.2 Å². The number of anilines is 1. The molecule has 0 spiro atoms. The fourth-order valence-electron chi connectivity index (χ4n) is 2.84. The summed E-state index contributed by atoms with van der Waals surface area (Å²) in [6.45, 7) is 3.60. The first-order valence-corrected chi connectivity index (χ1v) is 10.6. The molecule has 0 radical (unpaired) electrons. The lowest BCUT2D eigenvalue weighted by Crippen LogP contribution is -2.54. The number of nitrogens with one attached hydrogen (secondary N) is 1. The molecule has 1 saturated heterocycles. The predicted molar refractivity (Wildman–Crippen MR) is 123 cm³/mol. The van der Waals surface area contributed by atoms with E-state index in [0.717, 1.165) is 0 Å². The number of hydroxylamine groups is 2. The van der Waals surface area contributed by atoms with E-state index in [1.165, 1.54) is 41.2 Å². The van der Waals surface area contributed by atoms with Gasteiger partial charge in [-0.15, -0.1) is 0 Å². The number of thioether (sulfide) groups is 1. The second-order valence-electron chi connectivity index (χ2n) is 6.85. The van der Waals surface area contributed by atoms with Gasteiger partial charge in [0.05, 0.1) is 16.0 Å². The first kappa shape index (κ1) is 22.8. The number of hydrogen-bond donors (Lipinski definition) is 2.